The van der Waals surface area contributed by atoms with Crippen molar-refractivity contribution >= 4 is 28.3 Å². The Bertz CT molecular complexity index is 751. The lowest BCUT2D eigenvalue weighted by molar-refractivity contribution is -0.146. The van der Waals surface area contributed by atoms with Gasteiger partial charge in [-0.05, 0) is 35.7 Å². The van der Waals surface area contributed by atoms with E-state index in [0.717, 1.165) is 10.8 Å². The summed E-state index contributed by atoms with van der Waals surface area (Å²) in [5, 5.41) is 14.2. The predicted molar refractivity (Wildman–Crippen MR) is 85.6 cm³/mol. The lowest BCUT2D eigenvalue weighted by Gasteiger charge is -2.24. The van der Waals surface area contributed by atoms with Crippen LogP contribution in [0.3, 0.4) is 0 Å². The van der Waals surface area contributed by atoms with Gasteiger partial charge in [0.2, 0.25) is 5.91 Å². The zero-order valence-electron chi connectivity index (χ0n) is 12.0. The highest BCUT2D eigenvalue weighted by atomic mass is 16.4. The zero-order chi connectivity index (χ0) is 15.5. The Balaban J connectivity index is 1.80. The summed E-state index contributed by atoms with van der Waals surface area (Å²) in [4.78, 5) is 23.7. The molecule has 0 saturated carbocycles. The van der Waals surface area contributed by atoms with Gasteiger partial charge in [0, 0.05) is 5.69 Å². The van der Waals surface area contributed by atoms with E-state index in [0.29, 0.717) is 18.5 Å². The van der Waals surface area contributed by atoms with Crippen molar-refractivity contribution < 1.29 is 14.7 Å². The molecule has 22 heavy (non-hydrogen) atoms. The van der Waals surface area contributed by atoms with Crippen molar-refractivity contribution in [1.29, 1.82) is 0 Å². The molecule has 2 N–H and O–H groups in total. The topological polar surface area (TPSA) is 66.4 Å². The number of carboxylic acid groups (broad SMARTS) is 1. The average molecular weight is 295 g/mol. The minimum absolute atomic E-state index is 0.230. The van der Waals surface area contributed by atoms with Crippen LogP contribution in [0.1, 0.15) is 12.8 Å². The minimum Gasteiger partial charge on any atom is -0.481 e. The number of fused-ring (bicyclic) bond motifs is 1. The molecule has 0 spiro atoms. The van der Waals surface area contributed by atoms with Gasteiger partial charge in [-0.2, -0.15) is 0 Å². The highest BCUT2D eigenvalue weighted by molar-refractivity contribution is 5.97. The number of benzene rings is 2. The van der Waals surface area contributed by atoms with E-state index in [1.165, 1.54) is 0 Å². The third-order valence-corrected chi connectivity index (χ3v) is 4.10. The summed E-state index contributed by atoms with van der Waals surface area (Å²) in [7, 11) is 0. The van der Waals surface area contributed by atoms with Crippen LogP contribution in [0.25, 0.3) is 10.8 Å². The lowest BCUT2D eigenvalue weighted by atomic mass is 9.82. The van der Waals surface area contributed by atoms with Crippen LogP contribution in [0.2, 0.25) is 0 Å². The Morgan fingerprint density at radius 2 is 1.64 bits per heavy atom. The maximum atomic E-state index is 12.4. The van der Waals surface area contributed by atoms with E-state index >= 15 is 0 Å². The molecule has 1 aliphatic rings. The largest absolute Gasteiger partial charge is 0.481 e. The summed E-state index contributed by atoms with van der Waals surface area (Å²) in [6.45, 7) is 0. The van der Waals surface area contributed by atoms with Crippen LogP contribution in [0.5, 0.6) is 0 Å². The SMILES string of the molecule is O=C(Nc1ccc2ccccc2c1)[C@H]1CC=CC[C@H]1C(=O)O. The number of carbonyl (C=O) groups is 2. The lowest BCUT2D eigenvalue weighted by Crippen LogP contribution is -2.34. The van der Waals surface area contributed by atoms with Crippen LogP contribution < -0.4 is 5.32 Å². The summed E-state index contributed by atoms with van der Waals surface area (Å²) >= 11 is 0. The first-order valence-electron chi connectivity index (χ1n) is 7.32. The highest BCUT2D eigenvalue weighted by Crippen LogP contribution is 2.28. The third-order valence-electron chi connectivity index (χ3n) is 4.10. The third kappa shape index (κ3) is 2.86. The fraction of sp³-hybridized carbons (Fsp3) is 0.222. The summed E-state index contributed by atoms with van der Waals surface area (Å²) in [5.74, 6) is -2.31. The van der Waals surface area contributed by atoms with Gasteiger partial charge < -0.3 is 10.4 Å². The van der Waals surface area contributed by atoms with Gasteiger partial charge in [0.05, 0.1) is 11.8 Å². The number of amides is 1. The molecule has 0 bridgehead atoms. The van der Waals surface area contributed by atoms with Crippen molar-refractivity contribution in [3.63, 3.8) is 0 Å². The average Bonchev–Trinajstić information content (AvgIpc) is 2.54. The van der Waals surface area contributed by atoms with E-state index in [2.05, 4.69) is 5.32 Å². The first-order valence-corrected chi connectivity index (χ1v) is 7.32. The monoisotopic (exact) mass is 295 g/mol. The second kappa shape index (κ2) is 6.02. The van der Waals surface area contributed by atoms with E-state index in [9.17, 15) is 14.7 Å². The fourth-order valence-corrected chi connectivity index (χ4v) is 2.88. The maximum Gasteiger partial charge on any atom is 0.307 e. The summed E-state index contributed by atoms with van der Waals surface area (Å²) in [6, 6.07) is 13.6. The quantitative estimate of drug-likeness (QED) is 0.852. The number of hydrogen-bond donors (Lipinski definition) is 2. The Kier molecular flexibility index (Phi) is 3.92. The van der Waals surface area contributed by atoms with E-state index < -0.39 is 17.8 Å². The molecule has 2 atom stereocenters. The van der Waals surface area contributed by atoms with Gasteiger partial charge in [0.1, 0.15) is 0 Å². The number of anilines is 1. The van der Waals surface area contributed by atoms with Gasteiger partial charge in [-0.3, -0.25) is 9.59 Å². The Labute approximate surface area is 128 Å². The van der Waals surface area contributed by atoms with Gasteiger partial charge in [-0.15, -0.1) is 0 Å². The molecule has 0 radical (unpaired) electrons. The molecule has 4 heteroatoms. The minimum atomic E-state index is -0.914. The molecule has 0 heterocycles. The van der Waals surface area contributed by atoms with Gasteiger partial charge in [0.15, 0.2) is 0 Å². The van der Waals surface area contributed by atoms with Crippen molar-refractivity contribution in [1.82, 2.24) is 0 Å². The highest BCUT2D eigenvalue weighted by Gasteiger charge is 2.33. The summed E-state index contributed by atoms with van der Waals surface area (Å²) in [6.07, 6.45) is 4.59. The molecular weight excluding hydrogens is 278 g/mol. The Hall–Kier alpha value is -2.62. The van der Waals surface area contributed by atoms with Crippen molar-refractivity contribution in [2.24, 2.45) is 11.8 Å². The van der Waals surface area contributed by atoms with Crippen LogP contribution in [0, 0.1) is 11.8 Å². The first kappa shape index (κ1) is 14.3. The molecule has 0 unspecified atom stereocenters. The van der Waals surface area contributed by atoms with Crippen LogP contribution in [0.15, 0.2) is 54.6 Å². The molecule has 2 aromatic carbocycles. The second-order valence-corrected chi connectivity index (χ2v) is 5.55. The Morgan fingerprint density at radius 3 is 2.36 bits per heavy atom. The number of hydrogen-bond acceptors (Lipinski definition) is 2. The van der Waals surface area contributed by atoms with Crippen LogP contribution >= 0.6 is 0 Å². The van der Waals surface area contributed by atoms with E-state index in [1.54, 1.807) is 0 Å². The fourth-order valence-electron chi connectivity index (χ4n) is 2.88. The van der Waals surface area contributed by atoms with Crippen LogP contribution in [-0.4, -0.2) is 17.0 Å². The molecule has 0 aromatic heterocycles. The normalized spacial score (nSPS) is 20.7. The first-order chi connectivity index (χ1) is 10.6. The number of aliphatic carboxylic acids is 1. The number of nitrogens with one attached hydrogen (secondary N) is 1. The molecular formula is C18H17NO3. The maximum absolute atomic E-state index is 12.4. The molecule has 4 nitrogen and oxygen atoms in total. The zero-order valence-corrected chi connectivity index (χ0v) is 12.0. The summed E-state index contributed by atoms with van der Waals surface area (Å²) < 4.78 is 0. The van der Waals surface area contributed by atoms with Crippen molar-refractivity contribution in [2.45, 2.75) is 12.8 Å². The van der Waals surface area contributed by atoms with Crippen LogP contribution in [0.4, 0.5) is 5.69 Å². The molecule has 2 aromatic rings. The number of carbonyl (C=O) groups excluding carboxylic acids is 1. The standard InChI is InChI=1S/C18H17NO3/c20-17(15-7-3-4-8-16(15)18(21)22)19-14-10-9-12-5-1-2-6-13(12)11-14/h1-6,9-11,15-16H,7-8H2,(H,19,20)(H,21,22)/t15-,16+/m0/s1. The van der Waals surface area contributed by atoms with E-state index in [4.69, 9.17) is 0 Å². The molecule has 0 fully saturated rings. The van der Waals surface area contributed by atoms with Crippen molar-refractivity contribution in [3.05, 3.63) is 54.6 Å². The molecule has 0 saturated heterocycles. The smallest absolute Gasteiger partial charge is 0.307 e. The molecule has 1 amide bonds. The summed E-state index contributed by atoms with van der Waals surface area (Å²) in [5.41, 5.74) is 0.697. The van der Waals surface area contributed by atoms with Gasteiger partial charge in [-0.1, -0.05) is 42.5 Å². The van der Waals surface area contributed by atoms with Gasteiger partial charge in [-0.25, -0.2) is 0 Å². The number of carboxylic acids is 1. The van der Waals surface area contributed by atoms with E-state index in [-0.39, 0.29) is 5.91 Å². The van der Waals surface area contributed by atoms with Gasteiger partial charge >= 0.3 is 5.97 Å². The molecule has 112 valence electrons. The van der Waals surface area contributed by atoms with Crippen molar-refractivity contribution in [2.75, 3.05) is 5.32 Å². The van der Waals surface area contributed by atoms with Crippen molar-refractivity contribution in [3.8, 4) is 0 Å². The molecule has 3 rings (SSSR count). The van der Waals surface area contributed by atoms with E-state index in [1.807, 2.05) is 54.6 Å². The molecule has 0 aliphatic heterocycles. The predicted octanol–water partition coefficient (Wildman–Crippen LogP) is 3.45. The second-order valence-electron chi connectivity index (χ2n) is 5.55. The van der Waals surface area contributed by atoms with Crippen LogP contribution in [-0.2, 0) is 9.59 Å². The van der Waals surface area contributed by atoms with Gasteiger partial charge in [0.25, 0.3) is 0 Å². The molecule has 1 aliphatic carbocycles. The number of rotatable bonds is 3. The number of allylic oxidation sites excluding steroid dienone is 2. The Morgan fingerprint density at radius 1 is 0.955 bits per heavy atom.